The van der Waals surface area contributed by atoms with Gasteiger partial charge in [-0.05, 0) is 43.5 Å². The van der Waals surface area contributed by atoms with Crippen molar-refractivity contribution in [2.45, 2.75) is 26.7 Å². The predicted octanol–water partition coefficient (Wildman–Crippen LogP) is 1.78. The summed E-state index contributed by atoms with van der Waals surface area (Å²) in [5.74, 6) is 0.820. The summed E-state index contributed by atoms with van der Waals surface area (Å²) >= 11 is 0. The Hall–Kier alpha value is -2.17. The number of hydrogen-bond acceptors (Lipinski definition) is 3. The van der Waals surface area contributed by atoms with Crippen molar-refractivity contribution >= 4 is 5.91 Å². The molecule has 0 saturated carbocycles. The minimum atomic E-state index is -0.0272. The van der Waals surface area contributed by atoms with E-state index in [4.69, 9.17) is 0 Å². The minimum absolute atomic E-state index is 0.0272. The van der Waals surface area contributed by atoms with Gasteiger partial charge in [-0.25, -0.2) is 4.98 Å². The molecule has 0 aliphatic rings. The fraction of sp³-hybridized carbons (Fsp3) is 0.357. The largest absolute Gasteiger partial charge is 0.352 e. The fourth-order valence-corrected chi connectivity index (χ4v) is 1.79. The first-order chi connectivity index (χ1) is 9.16. The molecule has 0 atom stereocenters. The van der Waals surface area contributed by atoms with Crippen LogP contribution in [0.15, 0.2) is 24.5 Å². The van der Waals surface area contributed by atoms with Crippen molar-refractivity contribution < 1.29 is 4.79 Å². The molecule has 1 heterocycles. The maximum Gasteiger partial charge on any atom is 0.251 e. The highest BCUT2D eigenvalue weighted by atomic mass is 16.1. The first-order valence-corrected chi connectivity index (χ1v) is 6.36. The number of H-pyrrole nitrogens is 1. The van der Waals surface area contributed by atoms with Gasteiger partial charge in [-0.1, -0.05) is 6.07 Å². The Morgan fingerprint density at radius 1 is 1.32 bits per heavy atom. The highest BCUT2D eigenvalue weighted by molar-refractivity contribution is 5.94. The quantitative estimate of drug-likeness (QED) is 0.803. The molecule has 1 aromatic carbocycles. The normalized spacial score (nSPS) is 10.4. The summed E-state index contributed by atoms with van der Waals surface area (Å²) in [6.45, 7) is 4.68. The molecule has 0 aliphatic carbocycles. The zero-order valence-corrected chi connectivity index (χ0v) is 11.2. The lowest BCUT2D eigenvalue weighted by Crippen LogP contribution is -2.24. The van der Waals surface area contributed by atoms with Crippen LogP contribution in [0, 0.1) is 13.8 Å². The van der Waals surface area contributed by atoms with E-state index in [9.17, 15) is 4.79 Å². The number of amides is 1. The van der Waals surface area contributed by atoms with Crippen molar-refractivity contribution in [3.63, 3.8) is 0 Å². The fourth-order valence-electron chi connectivity index (χ4n) is 1.79. The summed E-state index contributed by atoms with van der Waals surface area (Å²) in [5, 5.41) is 9.48. The molecule has 0 aliphatic heterocycles. The summed E-state index contributed by atoms with van der Waals surface area (Å²) in [7, 11) is 0. The molecule has 2 aromatic rings. The SMILES string of the molecule is Cc1ccc(C(=O)NCCCc2ncn[nH]2)cc1C. The van der Waals surface area contributed by atoms with Gasteiger partial charge in [0.2, 0.25) is 0 Å². The number of aromatic nitrogens is 3. The van der Waals surface area contributed by atoms with E-state index in [2.05, 4.69) is 20.5 Å². The molecule has 100 valence electrons. The summed E-state index contributed by atoms with van der Waals surface area (Å²) in [6.07, 6.45) is 3.11. The Morgan fingerprint density at radius 3 is 2.84 bits per heavy atom. The number of benzene rings is 1. The molecule has 0 bridgehead atoms. The molecule has 2 N–H and O–H groups in total. The van der Waals surface area contributed by atoms with Crippen LogP contribution in [0.1, 0.15) is 33.7 Å². The molecule has 0 spiro atoms. The predicted molar refractivity (Wildman–Crippen MR) is 73.0 cm³/mol. The molecule has 1 amide bonds. The molecular weight excluding hydrogens is 240 g/mol. The van der Waals surface area contributed by atoms with Crippen LogP contribution in [0.3, 0.4) is 0 Å². The standard InChI is InChI=1S/C14H18N4O/c1-10-5-6-12(8-11(10)2)14(19)15-7-3-4-13-16-9-17-18-13/h5-6,8-9H,3-4,7H2,1-2H3,(H,15,19)(H,16,17,18). The Bertz CT molecular complexity index is 549. The summed E-state index contributed by atoms with van der Waals surface area (Å²) in [6, 6.07) is 5.74. The lowest BCUT2D eigenvalue weighted by molar-refractivity contribution is 0.0953. The van der Waals surface area contributed by atoms with E-state index in [-0.39, 0.29) is 5.91 Å². The maximum absolute atomic E-state index is 11.9. The zero-order chi connectivity index (χ0) is 13.7. The van der Waals surface area contributed by atoms with Crippen LogP contribution in [-0.2, 0) is 6.42 Å². The van der Waals surface area contributed by atoms with Crippen molar-refractivity contribution in [2.24, 2.45) is 0 Å². The Kier molecular flexibility index (Phi) is 4.28. The number of nitrogens with zero attached hydrogens (tertiary/aromatic N) is 2. The molecule has 19 heavy (non-hydrogen) atoms. The molecular formula is C14H18N4O. The molecule has 0 unspecified atom stereocenters. The van der Waals surface area contributed by atoms with Crippen LogP contribution in [0.4, 0.5) is 0 Å². The number of nitrogens with one attached hydrogen (secondary N) is 2. The number of carbonyl (C=O) groups excluding carboxylic acids is 1. The maximum atomic E-state index is 11.9. The highest BCUT2D eigenvalue weighted by Crippen LogP contribution is 2.09. The zero-order valence-electron chi connectivity index (χ0n) is 11.2. The van der Waals surface area contributed by atoms with E-state index in [0.29, 0.717) is 12.1 Å². The lowest BCUT2D eigenvalue weighted by atomic mass is 10.1. The Morgan fingerprint density at radius 2 is 2.16 bits per heavy atom. The smallest absolute Gasteiger partial charge is 0.251 e. The van der Waals surface area contributed by atoms with E-state index < -0.39 is 0 Å². The van der Waals surface area contributed by atoms with Gasteiger partial charge in [0.1, 0.15) is 12.2 Å². The van der Waals surface area contributed by atoms with Gasteiger partial charge < -0.3 is 5.32 Å². The highest BCUT2D eigenvalue weighted by Gasteiger charge is 2.06. The van der Waals surface area contributed by atoms with Crippen LogP contribution in [-0.4, -0.2) is 27.6 Å². The second kappa shape index (κ2) is 6.13. The second-order valence-corrected chi connectivity index (χ2v) is 4.59. The number of rotatable bonds is 5. The van der Waals surface area contributed by atoms with Gasteiger partial charge in [-0.2, -0.15) is 5.10 Å². The molecule has 0 saturated heterocycles. The van der Waals surface area contributed by atoms with Crippen molar-refractivity contribution in [2.75, 3.05) is 6.54 Å². The third-order valence-electron chi connectivity index (χ3n) is 3.11. The third-order valence-corrected chi connectivity index (χ3v) is 3.11. The van der Waals surface area contributed by atoms with E-state index in [1.54, 1.807) is 0 Å². The van der Waals surface area contributed by atoms with Gasteiger partial charge in [0.05, 0.1) is 0 Å². The summed E-state index contributed by atoms with van der Waals surface area (Å²) < 4.78 is 0. The van der Waals surface area contributed by atoms with Crippen molar-refractivity contribution in [1.82, 2.24) is 20.5 Å². The first-order valence-electron chi connectivity index (χ1n) is 6.36. The average molecular weight is 258 g/mol. The third kappa shape index (κ3) is 3.64. The monoisotopic (exact) mass is 258 g/mol. The van der Waals surface area contributed by atoms with Crippen molar-refractivity contribution in [1.29, 1.82) is 0 Å². The van der Waals surface area contributed by atoms with Crippen LogP contribution < -0.4 is 5.32 Å². The van der Waals surface area contributed by atoms with Gasteiger partial charge in [-0.15, -0.1) is 0 Å². The van der Waals surface area contributed by atoms with Gasteiger partial charge >= 0.3 is 0 Å². The number of carbonyl (C=O) groups is 1. The first kappa shape index (κ1) is 13.3. The van der Waals surface area contributed by atoms with E-state index in [1.807, 2.05) is 32.0 Å². The number of aryl methyl sites for hydroxylation is 3. The van der Waals surface area contributed by atoms with Crippen LogP contribution >= 0.6 is 0 Å². The van der Waals surface area contributed by atoms with E-state index >= 15 is 0 Å². The molecule has 2 rings (SSSR count). The molecule has 5 nitrogen and oxygen atoms in total. The molecule has 0 radical (unpaired) electrons. The van der Waals surface area contributed by atoms with Gasteiger partial charge in [0.25, 0.3) is 5.91 Å². The van der Waals surface area contributed by atoms with Crippen LogP contribution in [0.25, 0.3) is 0 Å². The average Bonchev–Trinajstić information content (AvgIpc) is 2.91. The van der Waals surface area contributed by atoms with Crippen molar-refractivity contribution in [3.05, 3.63) is 47.0 Å². The van der Waals surface area contributed by atoms with Crippen LogP contribution in [0.5, 0.6) is 0 Å². The lowest BCUT2D eigenvalue weighted by Gasteiger charge is -2.06. The van der Waals surface area contributed by atoms with E-state index in [1.165, 1.54) is 11.9 Å². The summed E-state index contributed by atoms with van der Waals surface area (Å²) in [4.78, 5) is 16.0. The molecule has 1 aromatic heterocycles. The molecule has 0 fully saturated rings. The van der Waals surface area contributed by atoms with E-state index in [0.717, 1.165) is 24.2 Å². The topological polar surface area (TPSA) is 70.7 Å². The second-order valence-electron chi connectivity index (χ2n) is 4.59. The van der Waals surface area contributed by atoms with Crippen LogP contribution in [0.2, 0.25) is 0 Å². The van der Waals surface area contributed by atoms with Gasteiger partial charge in [-0.3, -0.25) is 9.89 Å². The number of aromatic amines is 1. The number of hydrogen-bond donors (Lipinski definition) is 2. The summed E-state index contributed by atoms with van der Waals surface area (Å²) in [5.41, 5.74) is 3.04. The van der Waals surface area contributed by atoms with Crippen molar-refractivity contribution in [3.8, 4) is 0 Å². The minimum Gasteiger partial charge on any atom is -0.352 e. The molecule has 5 heteroatoms. The Balaban J connectivity index is 1.79. The van der Waals surface area contributed by atoms with Gasteiger partial charge in [0, 0.05) is 18.5 Å². The Labute approximate surface area is 112 Å². The van der Waals surface area contributed by atoms with Gasteiger partial charge in [0.15, 0.2) is 0 Å².